The molecule has 0 saturated carbocycles. The van der Waals surface area contributed by atoms with Gasteiger partial charge in [0.25, 0.3) is 5.89 Å². The quantitative estimate of drug-likeness (QED) is 0.522. The number of nitrogens with zero attached hydrogens (tertiary/aromatic N) is 4. The van der Waals surface area contributed by atoms with Gasteiger partial charge in [-0.2, -0.15) is 4.98 Å². The van der Waals surface area contributed by atoms with Crippen LogP contribution in [0.1, 0.15) is 17.4 Å². The van der Waals surface area contributed by atoms with Gasteiger partial charge in [-0.05, 0) is 23.8 Å². The summed E-state index contributed by atoms with van der Waals surface area (Å²) in [7, 11) is 1.41. The van der Waals surface area contributed by atoms with Crippen LogP contribution < -0.4 is 4.74 Å². The molecule has 0 aliphatic carbocycles. The van der Waals surface area contributed by atoms with Crippen LogP contribution in [0.15, 0.2) is 59.4 Å². The standard InChI is InChI=1S/C21H17FN4O3/c1-27-17-8-7-14(9-15(17)22)20-24-21(29-25-20)19-16-11-28-18(10-26(16)12-23-19)13-5-3-2-4-6-13/h2-9,12,18H,10-11H2,1H3/t18-/m0/s1. The zero-order valence-electron chi connectivity index (χ0n) is 15.6. The van der Waals surface area contributed by atoms with E-state index in [-0.39, 0.29) is 23.6 Å². The lowest BCUT2D eigenvalue weighted by Gasteiger charge is -2.25. The van der Waals surface area contributed by atoms with Crippen molar-refractivity contribution in [2.75, 3.05) is 7.11 Å². The Labute approximate surface area is 165 Å². The van der Waals surface area contributed by atoms with Gasteiger partial charge in [-0.15, -0.1) is 0 Å². The monoisotopic (exact) mass is 392 g/mol. The van der Waals surface area contributed by atoms with Crippen LogP contribution in [0.3, 0.4) is 0 Å². The van der Waals surface area contributed by atoms with Crippen LogP contribution in [-0.2, 0) is 17.9 Å². The summed E-state index contributed by atoms with van der Waals surface area (Å²) in [5, 5.41) is 3.97. The minimum atomic E-state index is -0.490. The topological polar surface area (TPSA) is 75.2 Å². The molecule has 2 aromatic carbocycles. The maximum Gasteiger partial charge on any atom is 0.278 e. The molecule has 5 rings (SSSR count). The highest BCUT2D eigenvalue weighted by molar-refractivity contribution is 5.60. The fourth-order valence-corrected chi connectivity index (χ4v) is 3.42. The molecular weight excluding hydrogens is 375 g/mol. The van der Waals surface area contributed by atoms with E-state index >= 15 is 0 Å². The first-order chi connectivity index (χ1) is 14.2. The van der Waals surface area contributed by atoms with Crippen molar-refractivity contribution < 1.29 is 18.4 Å². The predicted octanol–water partition coefficient (Wildman–Crippen LogP) is 4.02. The van der Waals surface area contributed by atoms with Crippen molar-refractivity contribution >= 4 is 0 Å². The van der Waals surface area contributed by atoms with Crippen LogP contribution in [0.4, 0.5) is 4.39 Å². The molecule has 2 aromatic heterocycles. The number of fused-ring (bicyclic) bond motifs is 1. The van der Waals surface area contributed by atoms with Gasteiger partial charge < -0.3 is 18.6 Å². The Balaban J connectivity index is 1.41. The number of rotatable bonds is 4. The second-order valence-corrected chi connectivity index (χ2v) is 6.68. The fraction of sp³-hybridized carbons (Fsp3) is 0.190. The molecule has 3 heterocycles. The van der Waals surface area contributed by atoms with Crippen LogP contribution in [0.5, 0.6) is 5.75 Å². The molecule has 0 saturated heterocycles. The maximum absolute atomic E-state index is 14.0. The van der Waals surface area contributed by atoms with E-state index in [2.05, 4.69) is 15.1 Å². The van der Waals surface area contributed by atoms with Crippen LogP contribution in [0.2, 0.25) is 0 Å². The zero-order chi connectivity index (χ0) is 19.8. The Bertz CT molecular complexity index is 1160. The summed E-state index contributed by atoms with van der Waals surface area (Å²) in [5.41, 5.74) is 3.05. The van der Waals surface area contributed by atoms with Crippen molar-refractivity contribution in [1.29, 1.82) is 0 Å². The van der Waals surface area contributed by atoms with E-state index < -0.39 is 5.82 Å². The summed E-state index contributed by atoms with van der Waals surface area (Å²) in [4.78, 5) is 8.83. The third-order valence-corrected chi connectivity index (χ3v) is 4.94. The molecule has 0 fully saturated rings. The van der Waals surface area contributed by atoms with Gasteiger partial charge in [-0.1, -0.05) is 35.5 Å². The Morgan fingerprint density at radius 3 is 2.83 bits per heavy atom. The molecule has 8 heteroatoms. The number of ether oxygens (including phenoxy) is 2. The van der Waals surface area contributed by atoms with Gasteiger partial charge in [-0.25, -0.2) is 9.37 Å². The first-order valence-electron chi connectivity index (χ1n) is 9.11. The highest BCUT2D eigenvalue weighted by atomic mass is 19.1. The highest BCUT2D eigenvalue weighted by Crippen LogP contribution is 2.32. The summed E-state index contributed by atoms with van der Waals surface area (Å²) in [6, 6.07) is 14.6. The summed E-state index contributed by atoms with van der Waals surface area (Å²) in [6.07, 6.45) is 1.71. The fourth-order valence-electron chi connectivity index (χ4n) is 3.42. The maximum atomic E-state index is 14.0. The smallest absolute Gasteiger partial charge is 0.278 e. The number of hydrogen-bond acceptors (Lipinski definition) is 6. The van der Waals surface area contributed by atoms with Crippen LogP contribution in [0, 0.1) is 5.82 Å². The average molecular weight is 392 g/mol. The van der Waals surface area contributed by atoms with Crippen LogP contribution in [0.25, 0.3) is 23.0 Å². The Morgan fingerprint density at radius 2 is 2.03 bits per heavy atom. The van der Waals surface area contributed by atoms with E-state index in [0.717, 1.165) is 11.3 Å². The molecule has 0 spiro atoms. The first kappa shape index (κ1) is 17.6. The number of aromatic nitrogens is 4. The predicted molar refractivity (Wildman–Crippen MR) is 101 cm³/mol. The molecule has 29 heavy (non-hydrogen) atoms. The van der Waals surface area contributed by atoms with E-state index in [1.165, 1.54) is 19.2 Å². The lowest BCUT2D eigenvalue weighted by Crippen LogP contribution is -2.20. The largest absolute Gasteiger partial charge is 0.494 e. The Kier molecular flexibility index (Phi) is 4.33. The van der Waals surface area contributed by atoms with Gasteiger partial charge in [0.1, 0.15) is 6.10 Å². The summed E-state index contributed by atoms with van der Waals surface area (Å²) in [6.45, 7) is 1.03. The van der Waals surface area contributed by atoms with Crippen LogP contribution >= 0.6 is 0 Å². The van der Waals surface area contributed by atoms with Gasteiger partial charge in [0.2, 0.25) is 5.82 Å². The molecule has 1 aliphatic heterocycles. The van der Waals surface area contributed by atoms with Crippen molar-refractivity contribution in [3.63, 3.8) is 0 Å². The van der Waals surface area contributed by atoms with Gasteiger partial charge in [0.05, 0.1) is 32.3 Å². The molecule has 1 atom stereocenters. The van der Waals surface area contributed by atoms with Crippen molar-refractivity contribution in [2.24, 2.45) is 0 Å². The molecule has 7 nitrogen and oxygen atoms in total. The summed E-state index contributed by atoms with van der Waals surface area (Å²) < 4.78 is 32.4. The van der Waals surface area contributed by atoms with Crippen molar-refractivity contribution in [3.8, 4) is 28.7 Å². The third-order valence-electron chi connectivity index (χ3n) is 4.94. The van der Waals surface area contributed by atoms with E-state index in [1.807, 2.05) is 34.9 Å². The lowest BCUT2D eigenvalue weighted by molar-refractivity contribution is 0.00330. The summed E-state index contributed by atoms with van der Waals surface area (Å²) >= 11 is 0. The number of methoxy groups -OCH3 is 1. The minimum Gasteiger partial charge on any atom is -0.494 e. The van der Waals surface area contributed by atoms with E-state index in [4.69, 9.17) is 14.0 Å². The molecule has 0 bridgehead atoms. The Morgan fingerprint density at radius 1 is 1.17 bits per heavy atom. The lowest BCUT2D eigenvalue weighted by atomic mass is 10.1. The second-order valence-electron chi connectivity index (χ2n) is 6.68. The van der Waals surface area contributed by atoms with E-state index in [9.17, 15) is 4.39 Å². The molecule has 0 unspecified atom stereocenters. The van der Waals surface area contributed by atoms with Crippen LogP contribution in [-0.4, -0.2) is 26.8 Å². The highest BCUT2D eigenvalue weighted by Gasteiger charge is 2.26. The Hall–Kier alpha value is -3.52. The molecule has 146 valence electrons. The molecule has 0 N–H and O–H groups in total. The number of benzene rings is 2. The molecule has 0 amide bonds. The first-order valence-corrected chi connectivity index (χ1v) is 9.11. The van der Waals surface area contributed by atoms with Gasteiger partial charge in [0, 0.05) is 5.56 Å². The molecule has 1 aliphatic rings. The van der Waals surface area contributed by atoms with Crippen molar-refractivity contribution in [2.45, 2.75) is 19.3 Å². The van der Waals surface area contributed by atoms with Gasteiger partial charge in [0.15, 0.2) is 17.3 Å². The van der Waals surface area contributed by atoms with Crippen molar-refractivity contribution in [1.82, 2.24) is 19.7 Å². The minimum absolute atomic E-state index is 0.0359. The molecule has 0 radical (unpaired) electrons. The van der Waals surface area contributed by atoms with Gasteiger partial charge in [-0.3, -0.25) is 0 Å². The molecule has 4 aromatic rings. The van der Waals surface area contributed by atoms with Gasteiger partial charge >= 0.3 is 0 Å². The van der Waals surface area contributed by atoms with E-state index in [1.54, 1.807) is 12.4 Å². The number of halogens is 1. The zero-order valence-corrected chi connectivity index (χ0v) is 15.6. The van der Waals surface area contributed by atoms with Crippen molar-refractivity contribution in [3.05, 3.63) is 71.9 Å². The molecular formula is C21H17FN4O3. The third kappa shape index (κ3) is 3.17. The average Bonchev–Trinajstić information content (AvgIpc) is 3.41. The number of imidazole rings is 1. The van der Waals surface area contributed by atoms with E-state index in [0.29, 0.717) is 24.4 Å². The number of hydrogen-bond donors (Lipinski definition) is 0. The second kappa shape index (κ2) is 7.14. The normalized spacial score (nSPS) is 15.9. The summed E-state index contributed by atoms with van der Waals surface area (Å²) in [5.74, 6) is 0.218. The SMILES string of the molecule is COc1ccc(-c2noc(-c3ncn4c3CO[C@H](c3ccccc3)C4)n2)cc1F.